The van der Waals surface area contributed by atoms with E-state index in [2.05, 4.69) is 9.97 Å². The molecule has 0 bridgehead atoms. The highest BCUT2D eigenvalue weighted by Crippen LogP contribution is 2.33. The van der Waals surface area contributed by atoms with E-state index in [1.54, 1.807) is 6.08 Å². The molecule has 1 saturated heterocycles. The Morgan fingerprint density at radius 3 is 2.62 bits per heavy atom. The standard InChI is InChI=1S/C28H31N7O2/c1-33(2)16-7-11-24(36)34-17-6-8-21(34)18-35-28-25(27(29)30-19-31-28)26(32-35)20-12-14-23(15-13-20)37-22-9-4-3-5-10-22/h3-5,7,9-15,19,21H,6,8,16-18H2,1-2H3,(H2,29,30,31)/t21-/m1/s1. The monoisotopic (exact) mass is 497 g/mol. The fourth-order valence-electron chi connectivity index (χ4n) is 4.64. The fraction of sp³-hybridized carbons (Fsp3) is 0.286. The molecule has 0 spiro atoms. The summed E-state index contributed by atoms with van der Waals surface area (Å²) in [6.07, 6.45) is 6.90. The van der Waals surface area contributed by atoms with Gasteiger partial charge in [-0.1, -0.05) is 24.3 Å². The van der Waals surface area contributed by atoms with Crippen molar-refractivity contribution in [3.8, 4) is 22.8 Å². The Hall–Kier alpha value is -4.24. The molecule has 37 heavy (non-hydrogen) atoms. The first-order valence-corrected chi connectivity index (χ1v) is 12.4. The number of amides is 1. The van der Waals surface area contributed by atoms with Crippen LogP contribution in [0.25, 0.3) is 22.3 Å². The molecular formula is C28H31N7O2. The van der Waals surface area contributed by atoms with Gasteiger partial charge in [0.05, 0.1) is 18.0 Å². The third kappa shape index (κ3) is 5.46. The van der Waals surface area contributed by atoms with Crippen molar-refractivity contribution in [3.05, 3.63) is 73.1 Å². The predicted octanol–water partition coefficient (Wildman–Crippen LogP) is 3.98. The lowest BCUT2D eigenvalue weighted by Gasteiger charge is -2.23. The number of anilines is 1. The highest BCUT2D eigenvalue weighted by atomic mass is 16.5. The Kier molecular flexibility index (Phi) is 7.14. The van der Waals surface area contributed by atoms with Crippen molar-refractivity contribution in [2.45, 2.75) is 25.4 Å². The van der Waals surface area contributed by atoms with Crippen LogP contribution in [0, 0.1) is 0 Å². The van der Waals surface area contributed by atoms with Crippen LogP contribution in [0.2, 0.25) is 0 Å². The van der Waals surface area contributed by atoms with E-state index in [0.29, 0.717) is 29.1 Å². The molecule has 1 aliphatic heterocycles. The van der Waals surface area contributed by atoms with Gasteiger partial charge in [-0.15, -0.1) is 0 Å². The van der Waals surface area contributed by atoms with Crippen molar-refractivity contribution in [1.29, 1.82) is 0 Å². The van der Waals surface area contributed by atoms with Crippen molar-refractivity contribution < 1.29 is 9.53 Å². The summed E-state index contributed by atoms with van der Waals surface area (Å²) in [6, 6.07) is 17.4. The fourth-order valence-corrected chi connectivity index (χ4v) is 4.64. The van der Waals surface area contributed by atoms with Crippen LogP contribution in [-0.4, -0.2) is 68.7 Å². The van der Waals surface area contributed by atoms with Gasteiger partial charge in [0.1, 0.15) is 29.3 Å². The van der Waals surface area contributed by atoms with Gasteiger partial charge in [-0.2, -0.15) is 5.10 Å². The lowest BCUT2D eigenvalue weighted by Crippen LogP contribution is -2.37. The van der Waals surface area contributed by atoms with E-state index in [0.717, 1.165) is 43.0 Å². The van der Waals surface area contributed by atoms with Crippen LogP contribution < -0.4 is 10.5 Å². The molecule has 0 unspecified atom stereocenters. The second-order valence-electron chi connectivity index (χ2n) is 9.42. The third-order valence-corrected chi connectivity index (χ3v) is 6.44. The van der Waals surface area contributed by atoms with Crippen molar-refractivity contribution in [3.63, 3.8) is 0 Å². The van der Waals surface area contributed by atoms with Crippen LogP contribution in [0.5, 0.6) is 11.5 Å². The third-order valence-electron chi connectivity index (χ3n) is 6.44. The van der Waals surface area contributed by atoms with E-state index in [-0.39, 0.29) is 11.9 Å². The summed E-state index contributed by atoms with van der Waals surface area (Å²) < 4.78 is 7.79. The van der Waals surface area contributed by atoms with E-state index in [9.17, 15) is 4.79 Å². The van der Waals surface area contributed by atoms with Crippen molar-refractivity contribution in [2.75, 3.05) is 32.9 Å². The van der Waals surface area contributed by atoms with Crippen molar-refractivity contribution in [1.82, 2.24) is 29.5 Å². The van der Waals surface area contributed by atoms with Gasteiger partial charge in [0.25, 0.3) is 0 Å². The molecule has 5 rings (SSSR count). The number of likely N-dealkylation sites (tertiary alicyclic amines) is 1. The van der Waals surface area contributed by atoms with E-state index in [1.165, 1.54) is 6.33 Å². The maximum Gasteiger partial charge on any atom is 0.246 e. The van der Waals surface area contributed by atoms with Gasteiger partial charge in [-0.25, -0.2) is 14.6 Å². The van der Waals surface area contributed by atoms with Crippen LogP contribution in [0.1, 0.15) is 12.8 Å². The molecule has 4 aromatic rings. The molecule has 1 fully saturated rings. The smallest absolute Gasteiger partial charge is 0.246 e. The number of benzene rings is 2. The molecule has 3 heterocycles. The van der Waals surface area contributed by atoms with Gasteiger partial charge < -0.3 is 20.3 Å². The van der Waals surface area contributed by atoms with Crippen LogP contribution in [0.3, 0.4) is 0 Å². The molecule has 0 aliphatic carbocycles. The van der Waals surface area contributed by atoms with E-state index in [4.69, 9.17) is 15.6 Å². The number of nitrogens with zero attached hydrogens (tertiary/aromatic N) is 6. The first-order valence-electron chi connectivity index (χ1n) is 12.4. The van der Waals surface area contributed by atoms with E-state index < -0.39 is 0 Å². The molecule has 0 radical (unpaired) electrons. The quantitative estimate of drug-likeness (QED) is 0.367. The highest BCUT2D eigenvalue weighted by Gasteiger charge is 2.29. The second-order valence-corrected chi connectivity index (χ2v) is 9.42. The number of hydrogen-bond acceptors (Lipinski definition) is 7. The molecule has 1 aliphatic rings. The molecule has 9 nitrogen and oxygen atoms in total. The highest BCUT2D eigenvalue weighted by molar-refractivity contribution is 5.98. The van der Waals surface area contributed by atoms with Crippen molar-refractivity contribution in [2.24, 2.45) is 0 Å². The summed E-state index contributed by atoms with van der Waals surface area (Å²) >= 11 is 0. The Morgan fingerprint density at radius 2 is 1.86 bits per heavy atom. The Bertz CT molecular complexity index is 1400. The van der Waals surface area contributed by atoms with Gasteiger partial charge in [0, 0.05) is 24.7 Å². The maximum absolute atomic E-state index is 12.9. The Balaban J connectivity index is 1.40. The zero-order valence-corrected chi connectivity index (χ0v) is 21.1. The molecule has 190 valence electrons. The number of fused-ring (bicyclic) bond motifs is 1. The number of nitrogens with two attached hydrogens (primary N) is 1. The minimum atomic E-state index is 0.0316. The molecule has 2 aromatic heterocycles. The number of carbonyl (C=O) groups excluding carboxylic acids is 1. The predicted molar refractivity (Wildman–Crippen MR) is 144 cm³/mol. The summed E-state index contributed by atoms with van der Waals surface area (Å²) in [5.74, 6) is 1.91. The molecule has 0 saturated carbocycles. The number of nitrogen functional groups attached to an aromatic ring is 1. The van der Waals surface area contributed by atoms with E-state index >= 15 is 0 Å². The minimum absolute atomic E-state index is 0.0316. The summed E-state index contributed by atoms with van der Waals surface area (Å²) in [5.41, 5.74) is 8.55. The van der Waals surface area contributed by atoms with Crippen LogP contribution >= 0.6 is 0 Å². The normalized spacial score (nSPS) is 15.8. The Labute approximate surface area is 216 Å². The molecule has 2 N–H and O–H groups in total. The van der Waals surface area contributed by atoms with Gasteiger partial charge in [-0.3, -0.25) is 4.79 Å². The summed E-state index contributed by atoms with van der Waals surface area (Å²) in [6.45, 7) is 2.00. The number of carbonyl (C=O) groups is 1. The number of ether oxygens (including phenoxy) is 1. The van der Waals surface area contributed by atoms with Gasteiger partial charge in [0.15, 0.2) is 5.65 Å². The van der Waals surface area contributed by atoms with Crippen molar-refractivity contribution >= 4 is 22.8 Å². The topological polar surface area (TPSA) is 102 Å². The van der Waals surface area contributed by atoms with Crippen LogP contribution in [0.15, 0.2) is 73.1 Å². The molecule has 9 heteroatoms. The Morgan fingerprint density at radius 1 is 1.11 bits per heavy atom. The van der Waals surface area contributed by atoms with Gasteiger partial charge in [-0.05, 0) is 63.3 Å². The summed E-state index contributed by atoms with van der Waals surface area (Å²) in [4.78, 5) is 25.5. The first-order chi connectivity index (χ1) is 18.0. The average Bonchev–Trinajstić information content (AvgIpc) is 3.51. The minimum Gasteiger partial charge on any atom is -0.457 e. The number of para-hydroxylation sites is 1. The molecule has 2 aromatic carbocycles. The molecule has 1 atom stereocenters. The SMILES string of the molecule is CN(C)CC=CC(=O)N1CCC[C@@H]1Cn1nc(-c2ccc(Oc3ccccc3)cc2)c2c(N)ncnc21. The lowest BCUT2D eigenvalue weighted by atomic mass is 10.1. The summed E-state index contributed by atoms with van der Waals surface area (Å²) in [7, 11) is 3.95. The average molecular weight is 498 g/mol. The van der Waals surface area contributed by atoms with Gasteiger partial charge >= 0.3 is 0 Å². The number of rotatable bonds is 8. The molecule has 1 amide bonds. The number of hydrogen-bond donors (Lipinski definition) is 1. The maximum atomic E-state index is 12.9. The zero-order valence-electron chi connectivity index (χ0n) is 21.1. The number of aromatic nitrogens is 4. The number of likely N-dealkylation sites (N-methyl/N-ethyl adjacent to an activating group) is 1. The zero-order chi connectivity index (χ0) is 25.8. The van der Waals surface area contributed by atoms with Crippen LogP contribution in [-0.2, 0) is 11.3 Å². The van der Waals surface area contributed by atoms with Gasteiger partial charge in [0.2, 0.25) is 5.91 Å². The second kappa shape index (κ2) is 10.8. The lowest BCUT2D eigenvalue weighted by molar-refractivity contribution is -0.127. The first kappa shape index (κ1) is 24.5. The van der Waals surface area contributed by atoms with E-state index in [1.807, 2.05) is 89.3 Å². The van der Waals surface area contributed by atoms with Crippen LogP contribution in [0.4, 0.5) is 5.82 Å². The molecular weight excluding hydrogens is 466 g/mol. The largest absolute Gasteiger partial charge is 0.457 e. The summed E-state index contributed by atoms with van der Waals surface area (Å²) in [5, 5.41) is 5.62.